The second-order valence-electron chi connectivity index (χ2n) is 5.01. The van der Waals surface area contributed by atoms with Crippen LogP contribution >= 0.6 is 0 Å². The van der Waals surface area contributed by atoms with E-state index in [4.69, 9.17) is 5.73 Å². The van der Waals surface area contributed by atoms with Crippen molar-refractivity contribution in [1.82, 2.24) is 0 Å². The van der Waals surface area contributed by atoms with E-state index in [1.54, 1.807) is 0 Å². The zero-order valence-corrected chi connectivity index (χ0v) is 11.1. The average Bonchev–Trinajstić information content (AvgIpc) is 2.25. The summed E-state index contributed by atoms with van der Waals surface area (Å²) >= 11 is 0. The second-order valence-corrected chi connectivity index (χ2v) is 5.01. The Bertz CT molecular complexity index is 553. The average molecular weight is 261 g/mol. The van der Waals surface area contributed by atoms with Gasteiger partial charge in [-0.25, -0.2) is 8.78 Å². The van der Waals surface area contributed by atoms with Gasteiger partial charge in [0.25, 0.3) is 0 Å². The smallest absolute Gasteiger partial charge is 0.126 e. The molecule has 0 fully saturated rings. The minimum Gasteiger partial charge on any atom is -0.324 e. The minimum absolute atomic E-state index is 0.411. The van der Waals surface area contributed by atoms with Crippen LogP contribution in [0.1, 0.15) is 28.3 Å². The molecule has 0 aliphatic heterocycles. The summed E-state index contributed by atoms with van der Waals surface area (Å²) in [5.41, 5.74) is 9.91. The molecule has 2 aromatic rings. The Morgan fingerprint density at radius 1 is 0.895 bits per heavy atom. The summed E-state index contributed by atoms with van der Waals surface area (Å²) in [7, 11) is 0. The normalized spacial score (nSPS) is 12.5. The molecule has 0 aliphatic rings. The lowest BCUT2D eigenvalue weighted by Crippen LogP contribution is -2.14. The number of rotatable bonds is 3. The summed E-state index contributed by atoms with van der Waals surface area (Å²) in [6, 6.07) is 9.19. The highest BCUT2D eigenvalue weighted by Gasteiger charge is 2.10. The van der Waals surface area contributed by atoms with Gasteiger partial charge >= 0.3 is 0 Å². The van der Waals surface area contributed by atoms with Gasteiger partial charge in [0.05, 0.1) is 0 Å². The Hall–Kier alpha value is -1.74. The Morgan fingerprint density at radius 2 is 1.42 bits per heavy atom. The standard InChI is InChI=1S/C16H17F2N/c1-10-3-11(2)5-12(4-10)6-16(19)13-7-14(17)9-15(18)8-13/h3-5,7-9,16H,6,19H2,1-2H3. The number of aryl methyl sites for hydroxylation is 2. The molecule has 0 spiro atoms. The Labute approximate surface area is 112 Å². The van der Waals surface area contributed by atoms with Crippen molar-refractivity contribution in [3.05, 3.63) is 70.3 Å². The quantitative estimate of drug-likeness (QED) is 0.893. The van der Waals surface area contributed by atoms with Gasteiger partial charge in [-0.3, -0.25) is 0 Å². The molecule has 0 heterocycles. The third-order valence-electron chi connectivity index (χ3n) is 3.05. The molecule has 0 bridgehead atoms. The summed E-state index contributed by atoms with van der Waals surface area (Å²) in [6.45, 7) is 4.04. The van der Waals surface area contributed by atoms with Crippen molar-refractivity contribution in [2.75, 3.05) is 0 Å². The molecule has 0 saturated carbocycles. The van der Waals surface area contributed by atoms with Crippen molar-refractivity contribution in [2.45, 2.75) is 26.3 Å². The number of hydrogen-bond donors (Lipinski definition) is 1. The Morgan fingerprint density at radius 3 is 1.95 bits per heavy atom. The van der Waals surface area contributed by atoms with E-state index in [0.717, 1.165) is 22.8 Å². The first-order valence-corrected chi connectivity index (χ1v) is 6.23. The van der Waals surface area contributed by atoms with Crippen molar-refractivity contribution in [2.24, 2.45) is 5.73 Å². The van der Waals surface area contributed by atoms with Gasteiger partial charge in [0.15, 0.2) is 0 Å². The maximum absolute atomic E-state index is 13.2. The fourth-order valence-electron chi connectivity index (χ4n) is 2.35. The van der Waals surface area contributed by atoms with E-state index in [1.807, 2.05) is 26.0 Å². The molecule has 19 heavy (non-hydrogen) atoms. The fraction of sp³-hybridized carbons (Fsp3) is 0.250. The van der Waals surface area contributed by atoms with E-state index in [9.17, 15) is 8.78 Å². The van der Waals surface area contributed by atoms with E-state index in [-0.39, 0.29) is 0 Å². The first-order valence-electron chi connectivity index (χ1n) is 6.23. The molecule has 3 heteroatoms. The van der Waals surface area contributed by atoms with Crippen LogP contribution in [-0.2, 0) is 6.42 Å². The molecule has 2 rings (SSSR count). The Kier molecular flexibility index (Phi) is 3.96. The maximum Gasteiger partial charge on any atom is 0.126 e. The van der Waals surface area contributed by atoms with Crippen molar-refractivity contribution in [3.63, 3.8) is 0 Å². The number of benzene rings is 2. The largest absolute Gasteiger partial charge is 0.324 e. The molecule has 2 aromatic carbocycles. The number of hydrogen-bond acceptors (Lipinski definition) is 1. The third-order valence-corrected chi connectivity index (χ3v) is 3.05. The van der Waals surface area contributed by atoms with Crippen LogP contribution in [0.4, 0.5) is 8.78 Å². The van der Waals surface area contributed by atoms with Crippen LogP contribution in [0.2, 0.25) is 0 Å². The van der Waals surface area contributed by atoms with E-state index in [0.29, 0.717) is 12.0 Å². The van der Waals surface area contributed by atoms with Gasteiger partial charge in [-0.2, -0.15) is 0 Å². The summed E-state index contributed by atoms with van der Waals surface area (Å²) in [5, 5.41) is 0. The highest BCUT2D eigenvalue weighted by atomic mass is 19.1. The van der Waals surface area contributed by atoms with Crippen LogP contribution < -0.4 is 5.73 Å². The highest BCUT2D eigenvalue weighted by molar-refractivity contribution is 5.31. The molecular formula is C16H17F2N. The molecule has 0 aromatic heterocycles. The van der Waals surface area contributed by atoms with E-state index in [1.165, 1.54) is 12.1 Å². The van der Waals surface area contributed by atoms with Gasteiger partial charge in [-0.05, 0) is 43.5 Å². The summed E-state index contributed by atoms with van der Waals surface area (Å²) in [6.07, 6.45) is 0.561. The van der Waals surface area contributed by atoms with Gasteiger partial charge in [-0.15, -0.1) is 0 Å². The molecular weight excluding hydrogens is 244 g/mol. The van der Waals surface area contributed by atoms with Crippen LogP contribution in [0, 0.1) is 25.5 Å². The highest BCUT2D eigenvalue weighted by Crippen LogP contribution is 2.20. The third kappa shape index (κ3) is 3.61. The zero-order chi connectivity index (χ0) is 14.0. The fourth-order valence-corrected chi connectivity index (χ4v) is 2.35. The predicted molar refractivity (Wildman–Crippen MR) is 72.9 cm³/mol. The predicted octanol–water partition coefficient (Wildman–Crippen LogP) is 3.82. The van der Waals surface area contributed by atoms with Crippen molar-refractivity contribution >= 4 is 0 Å². The van der Waals surface area contributed by atoms with Crippen LogP contribution in [0.25, 0.3) is 0 Å². The molecule has 1 atom stereocenters. The van der Waals surface area contributed by atoms with E-state index < -0.39 is 17.7 Å². The number of nitrogens with two attached hydrogens (primary N) is 1. The van der Waals surface area contributed by atoms with Gasteiger partial charge < -0.3 is 5.73 Å². The van der Waals surface area contributed by atoms with Crippen molar-refractivity contribution < 1.29 is 8.78 Å². The van der Waals surface area contributed by atoms with Gasteiger partial charge in [0, 0.05) is 12.1 Å². The van der Waals surface area contributed by atoms with Crippen LogP contribution in [0.3, 0.4) is 0 Å². The molecule has 0 amide bonds. The molecule has 0 radical (unpaired) electrons. The maximum atomic E-state index is 13.2. The minimum atomic E-state index is -0.592. The molecule has 100 valence electrons. The summed E-state index contributed by atoms with van der Waals surface area (Å²) < 4.78 is 26.3. The Balaban J connectivity index is 2.22. The van der Waals surface area contributed by atoms with Crippen LogP contribution in [-0.4, -0.2) is 0 Å². The van der Waals surface area contributed by atoms with Gasteiger partial charge in [-0.1, -0.05) is 29.3 Å². The lowest BCUT2D eigenvalue weighted by molar-refractivity contribution is 0.572. The van der Waals surface area contributed by atoms with Gasteiger partial charge in [0.2, 0.25) is 0 Å². The first-order chi connectivity index (χ1) is 8.94. The first kappa shape index (κ1) is 13.7. The zero-order valence-electron chi connectivity index (χ0n) is 11.1. The second kappa shape index (κ2) is 5.49. The molecule has 1 unspecified atom stereocenters. The number of halogens is 2. The summed E-state index contributed by atoms with van der Waals surface area (Å²) in [4.78, 5) is 0. The molecule has 1 nitrogen and oxygen atoms in total. The van der Waals surface area contributed by atoms with Gasteiger partial charge in [0.1, 0.15) is 11.6 Å². The lowest BCUT2D eigenvalue weighted by atomic mass is 9.97. The van der Waals surface area contributed by atoms with E-state index in [2.05, 4.69) is 6.07 Å². The summed E-state index contributed by atoms with van der Waals surface area (Å²) in [5.74, 6) is -1.18. The van der Waals surface area contributed by atoms with Crippen molar-refractivity contribution in [1.29, 1.82) is 0 Å². The van der Waals surface area contributed by atoms with Crippen LogP contribution in [0.5, 0.6) is 0 Å². The SMILES string of the molecule is Cc1cc(C)cc(CC(N)c2cc(F)cc(F)c2)c1. The lowest BCUT2D eigenvalue weighted by Gasteiger charge is -2.13. The van der Waals surface area contributed by atoms with Crippen molar-refractivity contribution in [3.8, 4) is 0 Å². The monoisotopic (exact) mass is 261 g/mol. The topological polar surface area (TPSA) is 26.0 Å². The van der Waals surface area contributed by atoms with Crippen LogP contribution in [0.15, 0.2) is 36.4 Å². The molecule has 2 N–H and O–H groups in total. The molecule has 0 saturated heterocycles. The van der Waals surface area contributed by atoms with E-state index >= 15 is 0 Å². The molecule has 0 aliphatic carbocycles.